The number of carbonyl (C=O) groups is 1. The average molecular weight is 246 g/mol. The van der Waals surface area contributed by atoms with E-state index in [2.05, 4.69) is 31.3 Å². The third-order valence-electron chi connectivity index (χ3n) is 3.96. The van der Waals surface area contributed by atoms with Crippen LogP contribution in [-0.4, -0.2) is 30.4 Å². The average Bonchev–Trinajstić information content (AvgIpc) is 2.44. The van der Waals surface area contributed by atoms with Crippen molar-refractivity contribution in [3.05, 3.63) is 35.4 Å². The zero-order valence-electron chi connectivity index (χ0n) is 11.4. The molecule has 0 radical (unpaired) electrons. The molecule has 1 aliphatic heterocycles. The molecule has 2 atom stereocenters. The van der Waals surface area contributed by atoms with Gasteiger partial charge in [-0.25, -0.2) is 0 Å². The Kier molecular flexibility index (Phi) is 4.02. The van der Waals surface area contributed by atoms with Crippen molar-refractivity contribution in [2.24, 2.45) is 0 Å². The zero-order chi connectivity index (χ0) is 13.1. The summed E-state index contributed by atoms with van der Waals surface area (Å²) in [6.07, 6.45) is 1.99. The molecule has 2 unspecified atom stereocenters. The first-order chi connectivity index (χ1) is 8.65. The number of fused-ring (bicyclic) bond motifs is 1. The van der Waals surface area contributed by atoms with Gasteiger partial charge >= 0.3 is 0 Å². The molecule has 0 aliphatic carbocycles. The first-order valence-corrected chi connectivity index (χ1v) is 6.73. The highest BCUT2D eigenvalue weighted by atomic mass is 16.2. The molecule has 2 rings (SSSR count). The van der Waals surface area contributed by atoms with E-state index in [0.717, 1.165) is 24.9 Å². The summed E-state index contributed by atoms with van der Waals surface area (Å²) in [6.45, 7) is 5.07. The van der Waals surface area contributed by atoms with Crippen LogP contribution in [0.25, 0.3) is 0 Å². The molecule has 1 aromatic carbocycles. The molecular weight excluding hydrogens is 224 g/mol. The second kappa shape index (κ2) is 5.53. The minimum atomic E-state index is -0.172. The molecule has 1 aromatic rings. The smallest absolute Gasteiger partial charge is 0.244 e. The highest BCUT2D eigenvalue weighted by Gasteiger charge is 2.29. The Morgan fingerprint density at radius 1 is 1.50 bits per heavy atom. The highest BCUT2D eigenvalue weighted by Crippen LogP contribution is 2.24. The van der Waals surface area contributed by atoms with Crippen LogP contribution in [0, 0.1) is 0 Å². The second-order valence-electron chi connectivity index (χ2n) is 5.04. The van der Waals surface area contributed by atoms with Gasteiger partial charge in [0.2, 0.25) is 5.91 Å². The van der Waals surface area contributed by atoms with Crippen LogP contribution in [0.4, 0.5) is 0 Å². The molecule has 0 saturated carbocycles. The van der Waals surface area contributed by atoms with E-state index in [0.29, 0.717) is 0 Å². The Balaban J connectivity index is 2.22. The van der Waals surface area contributed by atoms with E-state index in [-0.39, 0.29) is 18.0 Å². The van der Waals surface area contributed by atoms with Gasteiger partial charge in [-0.1, -0.05) is 31.2 Å². The third kappa shape index (κ3) is 2.41. The number of likely N-dealkylation sites (N-methyl/N-ethyl adjacent to an activating group) is 1. The van der Waals surface area contributed by atoms with E-state index in [1.54, 1.807) is 0 Å². The first-order valence-electron chi connectivity index (χ1n) is 6.73. The minimum Gasteiger partial charge on any atom is -0.341 e. The maximum Gasteiger partial charge on any atom is 0.244 e. The summed E-state index contributed by atoms with van der Waals surface area (Å²) in [5, 5.41) is 3.34. The minimum absolute atomic E-state index is 0.172. The van der Waals surface area contributed by atoms with Crippen molar-refractivity contribution in [2.75, 3.05) is 13.6 Å². The summed E-state index contributed by atoms with van der Waals surface area (Å²) in [6, 6.07) is 8.36. The predicted molar refractivity (Wildman–Crippen MR) is 73.4 cm³/mol. The van der Waals surface area contributed by atoms with E-state index in [4.69, 9.17) is 0 Å². The molecule has 3 nitrogen and oxygen atoms in total. The fraction of sp³-hybridized carbons (Fsp3) is 0.533. The Morgan fingerprint density at radius 2 is 2.22 bits per heavy atom. The summed E-state index contributed by atoms with van der Waals surface area (Å²) in [5.41, 5.74) is 2.44. The maximum atomic E-state index is 12.5. The SMILES string of the molecule is CCC(C)N(C)C(=O)C1NCCc2ccccc21. The number of carbonyl (C=O) groups excluding carboxylic acids is 1. The Morgan fingerprint density at radius 3 is 2.94 bits per heavy atom. The summed E-state index contributed by atoms with van der Waals surface area (Å²) >= 11 is 0. The largest absolute Gasteiger partial charge is 0.341 e. The number of amides is 1. The van der Waals surface area contributed by atoms with Gasteiger partial charge in [-0.3, -0.25) is 4.79 Å². The maximum absolute atomic E-state index is 12.5. The lowest BCUT2D eigenvalue weighted by atomic mass is 9.93. The van der Waals surface area contributed by atoms with E-state index >= 15 is 0 Å². The van der Waals surface area contributed by atoms with E-state index in [9.17, 15) is 4.79 Å². The van der Waals surface area contributed by atoms with Crippen LogP contribution >= 0.6 is 0 Å². The molecule has 0 aromatic heterocycles. The van der Waals surface area contributed by atoms with Crippen LogP contribution in [-0.2, 0) is 11.2 Å². The van der Waals surface area contributed by atoms with Gasteiger partial charge in [-0.05, 0) is 30.9 Å². The van der Waals surface area contributed by atoms with Gasteiger partial charge in [0.15, 0.2) is 0 Å². The topological polar surface area (TPSA) is 32.3 Å². The van der Waals surface area contributed by atoms with Crippen molar-refractivity contribution < 1.29 is 4.79 Å². The molecule has 1 N–H and O–H groups in total. The van der Waals surface area contributed by atoms with Crippen LogP contribution < -0.4 is 5.32 Å². The lowest BCUT2D eigenvalue weighted by Gasteiger charge is -2.32. The third-order valence-corrected chi connectivity index (χ3v) is 3.96. The van der Waals surface area contributed by atoms with Gasteiger partial charge in [0, 0.05) is 19.6 Å². The molecule has 18 heavy (non-hydrogen) atoms. The summed E-state index contributed by atoms with van der Waals surface area (Å²) in [7, 11) is 1.90. The van der Waals surface area contributed by atoms with Crippen LogP contribution in [0.3, 0.4) is 0 Å². The van der Waals surface area contributed by atoms with E-state index < -0.39 is 0 Å². The van der Waals surface area contributed by atoms with Crippen LogP contribution in [0.15, 0.2) is 24.3 Å². The van der Waals surface area contributed by atoms with Crippen molar-refractivity contribution in [3.63, 3.8) is 0 Å². The Bertz CT molecular complexity index is 430. The number of hydrogen-bond donors (Lipinski definition) is 1. The molecule has 0 saturated heterocycles. The van der Waals surface area contributed by atoms with Crippen molar-refractivity contribution in [2.45, 2.75) is 38.8 Å². The number of nitrogens with zero attached hydrogens (tertiary/aromatic N) is 1. The standard InChI is InChI=1S/C15H22N2O/c1-4-11(2)17(3)15(18)14-13-8-6-5-7-12(13)9-10-16-14/h5-8,11,14,16H,4,9-10H2,1-3H3. The molecule has 98 valence electrons. The van der Waals surface area contributed by atoms with Gasteiger partial charge in [-0.2, -0.15) is 0 Å². The van der Waals surface area contributed by atoms with Crippen molar-refractivity contribution >= 4 is 5.91 Å². The molecule has 0 fully saturated rings. The summed E-state index contributed by atoms with van der Waals surface area (Å²) in [5.74, 6) is 0.177. The van der Waals surface area contributed by atoms with Gasteiger partial charge in [0.05, 0.1) is 0 Å². The van der Waals surface area contributed by atoms with Crippen LogP contribution in [0.1, 0.15) is 37.4 Å². The molecule has 1 heterocycles. The zero-order valence-corrected chi connectivity index (χ0v) is 11.4. The molecule has 0 spiro atoms. The Labute approximate surface area is 109 Å². The predicted octanol–water partition coefficient (Wildman–Crippen LogP) is 2.13. The number of benzene rings is 1. The van der Waals surface area contributed by atoms with Crippen molar-refractivity contribution in [1.29, 1.82) is 0 Å². The fourth-order valence-corrected chi connectivity index (χ4v) is 2.42. The normalized spacial score (nSPS) is 20.1. The van der Waals surface area contributed by atoms with Gasteiger partial charge in [0.25, 0.3) is 0 Å². The molecule has 3 heteroatoms. The Hall–Kier alpha value is -1.35. The van der Waals surface area contributed by atoms with Gasteiger partial charge in [-0.15, -0.1) is 0 Å². The van der Waals surface area contributed by atoms with Crippen molar-refractivity contribution in [1.82, 2.24) is 10.2 Å². The van der Waals surface area contributed by atoms with Crippen molar-refractivity contribution in [3.8, 4) is 0 Å². The molecule has 1 aliphatic rings. The number of hydrogen-bond acceptors (Lipinski definition) is 2. The first kappa shape index (κ1) is 13.1. The monoisotopic (exact) mass is 246 g/mol. The van der Waals surface area contributed by atoms with Gasteiger partial charge in [0.1, 0.15) is 6.04 Å². The number of rotatable bonds is 3. The molecule has 1 amide bonds. The van der Waals surface area contributed by atoms with E-state index in [1.807, 2.05) is 24.1 Å². The highest BCUT2D eigenvalue weighted by molar-refractivity contribution is 5.84. The summed E-state index contributed by atoms with van der Waals surface area (Å²) in [4.78, 5) is 14.4. The molecule has 0 bridgehead atoms. The number of nitrogens with one attached hydrogen (secondary N) is 1. The van der Waals surface area contributed by atoms with Crippen LogP contribution in [0.2, 0.25) is 0 Å². The molecular formula is C15H22N2O. The lowest BCUT2D eigenvalue weighted by molar-refractivity contribution is -0.134. The van der Waals surface area contributed by atoms with Gasteiger partial charge < -0.3 is 10.2 Å². The summed E-state index contributed by atoms with van der Waals surface area (Å²) < 4.78 is 0. The quantitative estimate of drug-likeness (QED) is 0.886. The second-order valence-corrected chi connectivity index (χ2v) is 5.04. The fourth-order valence-electron chi connectivity index (χ4n) is 2.42. The van der Waals surface area contributed by atoms with E-state index in [1.165, 1.54) is 5.56 Å². The van der Waals surface area contributed by atoms with Crippen LogP contribution in [0.5, 0.6) is 0 Å². The lowest BCUT2D eigenvalue weighted by Crippen LogP contribution is -2.45.